The summed E-state index contributed by atoms with van der Waals surface area (Å²) in [5.41, 5.74) is 2.37. The number of benzene rings is 2. The minimum atomic E-state index is -0.651. The summed E-state index contributed by atoms with van der Waals surface area (Å²) >= 11 is 0. The molecule has 8 nitrogen and oxygen atoms in total. The SMILES string of the molecule is COc1cc(C=C2NC(=O)N(CC(=O)Nc3ccc(C)cc3)C2=O)ccc1OC(C)C. The standard InChI is InChI=1S/C23H25N3O5/c1-14(2)31-19-10-7-16(12-20(19)30-4)11-18-22(28)26(23(29)25-18)13-21(27)24-17-8-5-15(3)6-9-17/h5-12,14H,13H2,1-4H3,(H,24,27)(H,25,29). The monoisotopic (exact) mass is 423 g/mol. The summed E-state index contributed by atoms with van der Waals surface area (Å²) in [7, 11) is 1.52. The molecule has 4 amide bonds. The lowest BCUT2D eigenvalue weighted by atomic mass is 10.1. The van der Waals surface area contributed by atoms with Gasteiger partial charge in [0.2, 0.25) is 5.91 Å². The van der Waals surface area contributed by atoms with Crippen LogP contribution in [-0.4, -0.2) is 42.5 Å². The molecule has 1 aliphatic rings. The van der Waals surface area contributed by atoms with Crippen LogP contribution in [0.25, 0.3) is 6.08 Å². The number of ether oxygens (including phenoxy) is 2. The first kappa shape index (κ1) is 21.9. The molecule has 0 unspecified atom stereocenters. The topological polar surface area (TPSA) is 97.0 Å². The van der Waals surface area contributed by atoms with Gasteiger partial charge in [0, 0.05) is 5.69 Å². The van der Waals surface area contributed by atoms with Crippen molar-refractivity contribution >= 4 is 29.6 Å². The zero-order valence-electron chi connectivity index (χ0n) is 17.9. The van der Waals surface area contributed by atoms with Gasteiger partial charge in [-0.25, -0.2) is 9.69 Å². The first-order chi connectivity index (χ1) is 14.8. The molecular formula is C23H25N3O5. The molecule has 2 aromatic carbocycles. The van der Waals surface area contributed by atoms with Crippen LogP contribution in [-0.2, 0) is 9.59 Å². The van der Waals surface area contributed by atoms with E-state index in [-0.39, 0.29) is 18.3 Å². The summed E-state index contributed by atoms with van der Waals surface area (Å²) < 4.78 is 11.0. The number of urea groups is 1. The number of methoxy groups -OCH3 is 1. The van der Waals surface area contributed by atoms with Crippen molar-refractivity contribution in [3.8, 4) is 11.5 Å². The van der Waals surface area contributed by atoms with E-state index in [1.807, 2.05) is 32.9 Å². The number of rotatable bonds is 7. The Morgan fingerprint density at radius 3 is 2.48 bits per heavy atom. The molecule has 0 saturated carbocycles. The Labute approximate surface area is 180 Å². The van der Waals surface area contributed by atoms with E-state index in [4.69, 9.17) is 9.47 Å². The minimum Gasteiger partial charge on any atom is -0.493 e. The number of hydrogen-bond donors (Lipinski definition) is 2. The average Bonchev–Trinajstić information content (AvgIpc) is 2.97. The predicted molar refractivity (Wildman–Crippen MR) is 117 cm³/mol. The number of imide groups is 1. The Morgan fingerprint density at radius 1 is 1.13 bits per heavy atom. The third kappa shape index (κ3) is 5.42. The fourth-order valence-corrected chi connectivity index (χ4v) is 2.99. The van der Waals surface area contributed by atoms with Crippen molar-refractivity contribution in [2.75, 3.05) is 19.0 Å². The molecule has 0 aromatic heterocycles. The van der Waals surface area contributed by atoms with Crippen molar-refractivity contribution in [3.05, 3.63) is 59.3 Å². The van der Waals surface area contributed by atoms with E-state index < -0.39 is 17.8 Å². The third-order valence-corrected chi connectivity index (χ3v) is 4.46. The second kappa shape index (κ2) is 9.34. The molecule has 0 atom stereocenters. The van der Waals surface area contributed by atoms with Gasteiger partial charge >= 0.3 is 6.03 Å². The van der Waals surface area contributed by atoms with Gasteiger partial charge in [-0.3, -0.25) is 9.59 Å². The average molecular weight is 423 g/mol. The van der Waals surface area contributed by atoms with E-state index in [0.717, 1.165) is 10.5 Å². The second-order valence-corrected chi connectivity index (χ2v) is 7.37. The first-order valence-electron chi connectivity index (χ1n) is 9.82. The number of carbonyl (C=O) groups excluding carboxylic acids is 3. The van der Waals surface area contributed by atoms with Crippen LogP contribution in [0.3, 0.4) is 0 Å². The largest absolute Gasteiger partial charge is 0.493 e. The number of hydrogen-bond acceptors (Lipinski definition) is 5. The van der Waals surface area contributed by atoms with Gasteiger partial charge in [-0.05, 0) is 56.7 Å². The molecule has 2 aromatic rings. The molecule has 1 heterocycles. The molecular weight excluding hydrogens is 398 g/mol. The summed E-state index contributed by atoms with van der Waals surface area (Å²) in [6.07, 6.45) is 1.51. The molecule has 0 spiro atoms. The Kier molecular flexibility index (Phi) is 6.59. The first-order valence-corrected chi connectivity index (χ1v) is 9.82. The van der Waals surface area contributed by atoms with Gasteiger partial charge in [-0.2, -0.15) is 0 Å². The maximum Gasteiger partial charge on any atom is 0.329 e. The van der Waals surface area contributed by atoms with Crippen molar-refractivity contribution < 1.29 is 23.9 Å². The van der Waals surface area contributed by atoms with Gasteiger partial charge in [0.05, 0.1) is 13.2 Å². The number of carbonyl (C=O) groups is 3. The van der Waals surface area contributed by atoms with Crippen LogP contribution in [0.4, 0.5) is 10.5 Å². The number of amides is 4. The highest BCUT2D eigenvalue weighted by Gasteiger charge is 2.35. The molecule has 0 radical (unpaired) electrons. The van der Waals surface area contributed by atoms with Gasteiger partial charge in [-0.15, -0.1) is 0 Å². The Bertz CT molecular complexity index is 1030. The fourth-order valence-electron chi connectivity index (χ4n) is 2.99. The van der Waals surface area contributed by atoms with Gasteiger partial charge in [0.1, 0.15) is 12.2 Å². The van der Waals surface area contributed by atoms with E-state index in [0.29, 0.717) is 22.7 Å². The van der Waals surface area contributed by atoms with Gasteiger partial charge in [0.15, 0.2) is 11.5 Å². The van der Waals surface area contributed by atoms with Gasteiger partial charge < -0.3 is 20.1 Å². The second-order valence-electron chi connectivity index (χ2n) is 7.37. The van der Waals surface area contributed by atoms with E-state index in [1.54, 1.807) is 30.3 Å². The van der Waals surface area contributed by atoms with E-state index in [1.165, 1.54) is 13.2 Å². The van der Waals surface area contributed by atoms with Crippen molar-refractivity contribution in [1.82, 2.24) is 10.2 Å². The van der Waals surface area contributed by atoms with Crippen LogP contribution >= 0.6 is 0 Å². The van der Waals surface area contributed by atoms with Crippen LogP contribution in [0.15, 0.2) is 48.2 Å². The van der Waals surface area contributed by atoms with Gasteiger partial charge in [-0.1, -0.05) is 23.8 Å². The van der Waals surface area contributed by atoms with Crippen molar-refractivity contribution in [3.63, 3.8) is 0 Å². The summed E-state index contributed by atoms with van der Waals surface area (Å²) in [4.78, 5) is 38.1. The van der Waals surface area contributed by atoms with E-state index >= 15 is 0 Å². The van der Waals surface area contributed by atoms with Crippen LogP contribution < -0.4 is 20.1 Å². The smallest absolute Gasteiger partial charge is 0.329 e. The fraction of sp³-hybridized carbons (Fsp3) is 0.261. The van der Waals surface area contributed by atoms with Crippen LogP contribution in [0.1, 0.15) is 25.0 Å². The Hall–Kier alpha value is -3.81. The molecule has 1 aliphatic heterocycles. The Morgan fingerprint density at radius 2 is 1.84 bits per heavy atom. The van der Waals surface area contributed by atoms with Crippen LogP contribution in [0, 0.1) is 6.92 Å². The lowest BCUT2D eigenvalue weighted by Crippen LogP contribution is -2.38. The molecule has 8 heteroatoms. The molecule has 0 bridgehead atoms. The maximum absolute atomic E-state index is 12.7. The zero-order chi connectivity index (χ0) is 22.5. The predicted octanol–water partition coefficient (Wildman–Crippen LogP) is 3.32. The number of nitrogens with zero attached hydrogens (tertiary/aromatic N) is 1. The van der Waals surface area contributed by atoms with Crippen LogP contribution in [0.5, 0.6) is 11.5 Å². The maximum atomic E-state index is 12.7. The third-order valence-electron chi connectivity index (χ3n) is 4.46. The lowest BCUT2D eigenvalue weighted by Gasteiger charge is -2.14. The van der Waals surface area contributed by atoms with E-state index in [9.17, 15) is 14.4 Å². The minimum absolute atomic E-state index is 0.0200. The van der Waals surface area contributed by atoms with Crippen LogP contribution in [0.2, 0.25) is 0 Å². The van der Waals surface area contributed by atoms with Crippen molar-refractivity contribution in [1.29, 1.82) is 0 Å². The summed E-state index contributed by atoms with van der Waals surface area (Å²) in [6, 6.07) is 11.8. The zero-order valence-corrected chi connectivity index (χ0v) is 17.9. The molecule has 162 valence electrons. The summed E-state index contributed by atoms with van der Waals surface area (Å²) in [5.74, 6) is 0.0426. The highest BCUT2D eigenvalue weighted by atomic mass is 16.5. The number of nitrogens with one attached hydrogen (secondary N) is 2. The number of anilines is 1. The highest BCUT2D eigenvalue weighted by molar-refractivity contribution is 6.15. The summed E-state index contributed by atoms with van der Waals surface area (Å²) in [5, 5.41) is 5.19. The van der Waals surface area contributed by atoms with Gasteiger partial charge in [0.25, 0.3) is 5.91 Å². The number of aryl methyl sites for hydroxylation is 1. The molecule has 1 fully saturated rings. The molecule has 1 saturated heterocycles. The lowest BCUT2D eigenvalue weighted by molar-refractivity contribution is -0.127. The van der Waals surface area contributed by atoms with Crippen molar-refractivity contribution in [2.24, 2.45) is 0 Å². The molecule has 31 heavy (non-hydrogen) atoms. The normalized spacial score (nSPS) is 14.7. The molecule has 2 N–H and O–H groups in total. The van der Waals surface area contributed by atoms with E-state index in [2.05, 4.69) is 10.6 Å². The van der Waals surface area contributed by atoms with Crippen molar-refractivity contribution in [2.45, 2.75) is 26.9 Å². The molecule has 3 rings (SSSR count). The quantitative estimate of drug-likeness (QED) is 0.526. The summed E-state index contributed by atoms with van der Waals surface area (Å²) in [6.45, 7) is 5.37. The highest BCUT2D eigenvalue weighted by Crippen LogP contribution is 2.30. The Balaban J connectivity index is 1.71. The molecule has 0 aliphatic carbocycles.